The van der Waals surface area contributed by atoms with Crippen LogP contribution in [0.4, 0.5) is 5.82 Å². The van der Waals surface area contributed by atoms with Gasteiger partial charge in [0.25, 0.3) is 10.0 Å². The van der Waals surface area contributed by atoms with Crippen LogP contribution >= 0.6 is 0 Å². The number of amides is 1. The largest absolute Gasteiger partial charge is 0.478 e. The molecule has 0 bridgehead atoms. The van der Waals surface area contributed by atoms with Gasteiger partial charge in [-0.3, -0.25) is 4.79 Å². The van der Waals surface area contributed by atoms with Gasteiger partial charge < -0.3 is 19.6 Å². The number of hydrogen-bond acceptors (Lipinski definition) is 10. The van der Waals surface area contributed by atoms with E-state index in [1.54, 1.807) is 13.8 Å². The molecule has 224 valence electrons. The van der Waals surface area contributed by atoms with Crippen LogP contribution in [0.25, 0.3) is 22.4 Å². The van der Waals surface area contributed by atoms with Crippen LogP contribution in [0.2, 0.25) is 0 Å². The first-order valence-electron chi connectivity index (χ1n) is 13.7. The minimum Gasteiger partial charge on any atom is -0.478 e. The fourth-order valence-electron chi connectivity index (χ4n) is 4.48. The summed E-state index contributed by atoms with van der Waals surface area (Å²) in [5, 5.41) is 0. The second kappa shape index (κ2) is 12.7. The molecule has 2 aromatic heterocycles. The second-order valence-corrected chi connectivity index (χ2v) is 12.3. The summed E-state index contributed by atoms with van der Waals surface area (Å²) in [6.45, 7) is 3.99. The number of anilines is 1. The average molecular weight is 604 g/mol. The summed E-state index contributed by atoms with van der Waals surface area (Å²) in [5.74, 6) is 6.86. The van der Waals surface area contributed by atoms with Crippen molar-refractivity contribution in [3.8, 4) is 39.8 Å². The van der Waals surface area contributed by atoms with Gasteiger partial charge in [-0.05, 0) is 60.7 Å². The highest BCUT2D eigenvalue weighted by atomic mass is 32.2. The van der Waals surface area contributed by atoms with Crippen molar-refractivity contribution in [2.75, 3.05) is 18.8 Å². The van der Waals surface area contributed by atoms with E-state index in [2.05, 4.69) is 15.1 Å². The zero-order valence-corrected chi connectivity index (χ0v) is 24.7. The van der Waals surface area contributed by atoms with Crippen LogP contribution in [0.15, 0.2) is 83.9 Å². The van der Waals surface area contributed by atoms with Crippen molar-refractivity contribution in [1.29, 1.82) is 0 Å². The topological polar surface area (TPSA) is 155 Å². The molecule has 4 N–H and O–H groups in total. The predicted molar refractivity (Wildman–Crippen MR) is 162 cm³/mol. The Balaban J connectivity index is 1.20. The molecule has 0 aliphatic carbocycles. The van der Waals surface area contributed by atoms with Crippen LogP contribution in [0.3, 0.4) is 0 Å². The number of sulfonamides is 1. The third-order valence-electron chi connectivity index (χ3n) is 7.06. The second-order valence-electron chi connectivity index (χ2n) is 10.7. The Morgan fingerprint density at radius 2 is 1.74 bits per heavy atom. The Bertz CT molecular complexity index is 1700. The van der Waals surface area contributed by atoms with Crippen LogP contribution in [0.5, 0.6) is 17.4 Å². The zero-order valence-electron chi connectivity index (χ0n) is 23.9. The molecule has 1 aliphatic heterocycles. The molecule has 4 aromatic rings. The molecule has 1 aliphatic rings. The van der Waals surface area contributed by atoms with Crippen molar-refractivity contribution in [1.82, 2.24) is 14.7 Å². The SMILES string of the molecule is CC(C)(CCCCOc1cc(-c2ccc3c(c2)OCO3)cc(-c2ccccc2)n1)C(=O)NS(=O)(=O)c1ccc(NN)nc1. The summed E-state index contributed by atoms with van der Waals surface area (Å²) in [6, 6.07) is 22.3. The van der Waals surface area contributed by atoms with Gasteiger partial charge in [-0.25, -0.2) is 29.0 Å². The molecule has 0 atom stereocenters. The number of aromatic nitrogens is 2. The van der Waals surface area contributed by atoms with Crippen molar-refractivity contribution in [3.63, 3.8) is 0 Å². The number of nitrogens with two attached hydrogens (primary N) is 1. The number of carbonyl (C=O) groups is 1. The highest BCUT2D eigenvalue weighted by Gasteiger charge is 2.31. The molecule has 5 rings (SSSR count). The summed E-state index contributed by atoms with van der Waals surface area (Å²) in [4.78, 5) is 21.4. The number of nitrogens with one attached hydrogen (secondary N) is 2. The van der Waals surface area contributed by atoms with Gasteiger partial charge in [0.15, 0.2) is 11.5 Å². The lowest BCUT2D eigenvalue weighted by Crippen LogP contribution is -2.40. The minimum atomic E-state index is -4.07. The molecule has 0 radical (unpaired) electrons. The van der Waals surface area contributed by atoms with Gasteiger partial charge in [-0.1, -0.05) is 50.2 Å². The number of hydrogen-bond donors (Lipinski definition) is 3. The van der Waals surface area contributed by atoms with Gasteiger partial charge in [-0.2, -0.15) is 0 Å². The highest BCUT2D eigenvalue weighted by molar-refractivity contribution is 7.90. The number of benzene rings is 2. The maximum atomic E-state index is 12.9. The van der Waals surface area contributed by atoms with E-state index >= 15 is 0 Å². The third kappa shape index (κ3) is 7.22. The Labute approximate surface area is 250 Å². The molecular formula is C31H33N5O6S. The van der Waals surface area contributed by atoms with Crippen molar-refractivity contribution >= 4 is 21.7 Å². The lowest BCUT2D eigenvalue weighted by atomic mass is 9.86. The van der Waals surface area contributed by atoms with Crippen LogP contribution in [-0.2, 0) is 14.8 Å². The van der Waals surface area contributed by atoms with E-state index in [1.165, 1.54) is 12.1 Å². The number of carbonyl (C=O) groups excluding carboxylic acids is 1. The Morgan fingerprint density at radius 3 is 2.49 bits per heavy atom. The van der Waals surface area contributed by atoms with E-state index in [1.807, 2.05) is 60.7 Å². The molecule has 0 spiro atoms. The summed E-state index contributed by atoms with van der Waals surface area (Å²) in [7, 11) is -4.07. The van der Waals surface area contributed by atoms with Crippen LogP contribution in [-0.4, -0.2) is 37.7 Å². The maximum Gasteiger partial charge on any atom is 0.265 e. The molecule has 0 fully saturated rings. The molecule has 0 unspecified atom stereocenters. The Hall–Kier alpha value is -4.68. The number of fused-ring (bicyclic) bond motifs is 1. The number of rotatable bonds is 12. The van der Waals surface area contributed by atoms with Crippen LogP contribution < -0.4 is 30.2 Å². The molecule has 3 heterocycles. The van der Waals surface area contributed by atoms with Crippen molar-refractivity contribution in [3.05, 3.63) is 79.0 Å². The lowest BCUT2D eigenvalue weighted by Gasteiger charge is -2.23. The lowest BCUT2D eigenvalue weighted by molar-refractivity contribution is -0.127. The fraction of sp³-hybridized carbons (Fsp3) is 0.258. The minimum absolute atomic E-state index is 0.130. The average Bonchev–Trinajstić information content (AvgIpc) is 3.49. The van der Waals surface area contributed by atoms with Crippen molar-refractivity contribution in [2.24, 2.45) is 11.3 Å². The van der Waals surface area contributed by atoms with Gasteiger partial charge in [0.1, 0.15) is 10.7 Å². The maximum absolute atomic E-state index is 12.9. The molecule has 43 heavy (non-hydrogen) atoms. The molecule has 11 nitrogen and oxygen atoms in total. The fourth-order valence-corrected chi connectivity index (χ4v) is 5.56. The molecule has 1 amide bonds. The van der Waals surface area contributed by atoms with Gasteiger partial charge >= 0.3 is 0 Å². The summed E-state index contributed by atoms with van der Waals surface area (Å²) in [5.41, 5.74) is 4.99. The number of unbranched alkanes of at least 4 members (excludes halogenated alkanes) is 1. The van der Waals surface area contributed by atoms with E-state index < -0.39 is 21.3 Å². The molecular weight excluding hydrogens is 570 g/mol. The number of hydrazine groups is 1. The first kappa shape index (κ1) is 29.8. The highest BCUT2D eigenvalue weighted by Crippen LogP contribution is 2.37. The third-order valence-corrected chi connectivity index (χ3v) is 8.38. The normalized spacial score (nSPS) is 12.5. The van der Waals surface area contributed by atoms with Gasteiger partial charge in [0.05, 0.1) is 12.3 Å². The standard InChI is InChI=1S/C31H33N5O6S/c1-31(2,30(37)36-43(38,39)24-11-13-28(35-32)33-19-24)14-6-7-15-40-29-18-23(16-25(34-29)21-8-4-3-5-9-21)22-10-12-26-27(17-22)42-20-41-26/h3-5,8-13,16-19H,6-7,14-15,20,32H2,1-2H3,(H,33,35)(H,36,37). The predicted octanol–water partition coefficient (Wildman–Crippen LogP) is 4.91. The Kier molecular flexibility index (Phi) is 8.78. The number of pyridine rings is 2. The van der Waals surface area contributed by atoms with E-state index in [0.717, 1.165) is 28.6 Å². The quantitative estimate of drug-likeness (QED) is 0.116. The van der Waals surface area contributed by atoms with Crippen molar-refractivity contribution < 1.29 is 27.4 Å². The first-order chi connectivity index (χ1) is 20.6. The summed E-state index contributed by atoms with van der Waals surface area (Å²) >= 11 is 0. The van der Waals surface area contributed by atoms with Crippen LogP contribution in [0, 0.1) is 5.41 Å². The van der Waals surface area contributed by atoms with Gasteiger partial charge in [0, 0.05) is 23.2 Å². The van der Waals surface area contributed by atoms with E-state index in [0.29, 0.717) is 49.1 Å². The molecule has 0 saturated carbocycles. The van der Waals surface area contributed by atoms with Crippen LogP contribution in [0.1, 0.15) is 33.1 Å². The smallest absolute Gasteiger partial charge is 0.265 e. The number of nitrogen functional groups attached to an aromatic ring is 1. The van der Waals surface area contributed by atoms with E-state index in [9.17, 15) is 13.2 Å². The number of nitrogens with zero attached hydrogens (tertiary/aromatic N) is 2. The molecule has 2 aromatic carbocycles. The van der Waals surface area contributed by atoms with Gasteiger partial charge in [0.2, 0.25) is 18.6 Å². The van der Waals surface area contributed by atoms with Crippen molar-refractivity contribution in [2.45, 2.75) is 38.0 Å². The number of ether oxygens (including phenoxy) is 3. The van der Waals surface area contributed by atoms with Gasteiger partial charge in [-0.15, -0.1) is 0 Å². The van der Waals surface area contributed by atoms with E-state index in [4.69, 9.17) is 25.0 Å². The Morgan fingerprint density at radius 1 is 0.953 bits per heavy atom. The zero-order chi connectivity index (χ0) is 30.5. The first-order valence-corrected chi connectivity index (χ1v) is 15.2. The monoisotopic (exact) mass is 603 g/mol. The summed E-state index contributed by atoms with van der Waals surface area (Å²) < 4.78 is 44.6. The summed E-state index contributed by atoms with van der Waals surface area (Å²) in [6.07, 6.45) is 2.85. The molecule has 12 heteroatoms. The molecule has 0 saturated heterocycles. The van der Waals surface area contributed by atoms with E-state index in [-0.39, 0.29) is 11.7 Å².